The van der Waals surface area contributed by atoms with Crippen LogP contribution in [0.15, 0.2) is 42.5 Å². The summed E-state index contributed by atoms with van der Waals surface area (Å²) in [6, 6.07) is 8.76. The largest absolute Gasteiger partial charge is 0.465 e. The Labute approximate surface area is 202 Å². The molecule has 1 aliphatic heterocycles. The third kappa shape index (κ3) is 7.42. The van der Waals surface area contributed by atoms with Gasteiger partial charge in [0.15, 0.2) is 0 Å². The van der Waals surface area contributed by atoms with Crippen molar-refractivity contribution in [2.75, 3.05) is 18.8 Å². The Morgan fingerprint density at radius 1 is 1.17 bits per heavy atom. The van der Waals surface area contributed by atoms with E-state index in [2.05, 4.69) is 6.07 Å². The van der Waals surface area contributed by atoms with Crippen LogP contribution < -0.4 is 5.32 Å². The number of aryl methyl sites for hydroxylation is 2. The number of hydrogen-bond donors (Lipinski definition) is 2. The van der Waals surface area contributed by atoms with E-state index in [-0.39, 0.29) is 24.8 Å². The maximum atomic E-state index is 13.1. The summed E-state index contributed by atoms with van der Waals surface area (Å²) >= 11 is 0. The van der Waals surface area contributed by atoms with Crippen LogP contribution in [0.1, 0.15) is 46.7 Å². The number of carboxylic acid groups (broad SMARTS) is 1. The van der Waals surface area contributed by atoms with Crippen LogP contribution in [0.2, 0.25) is 0 Å². The van der Waals surface area contributed by atoms with E-state index >= 15 is 0 Å². The van der Waals surface area contributed by atoms with Gasteiger partial charge in [0.25, 0.3) is 0 Å². The molecule has 1 heterocycles. The van der Waals surface area contributed by atoms with E-state index in [1.165, 1.54) is 10.4 Å². The molecule has 3 rings (SSSR count). The van der Waals surface area contributed by atoms with Crippen molar-refractivity contribution in [1.29, 1.82) is 0 Å². The highest BCUT2D eigenvalue weighted by Gasteiger charge is 2.34. The van der Waals surface area contributed by atoms with Gasteiger partial charge in [-0.25, -0.2) is 17.5 Å². The predicted molar refractivity (Wildman–Crippen MR) is 124 cm³/mol. The minimum Gasteiger partial charge on any atom is -0.465 e. The van der Waals surface area contributed by atoms with Gasteiger partial charge in [0.2, 0.25) is 10.0 Å². The van der Waals surface area contributed by atoms with E-state index in [1.54, 1.807) is 0 Å². The number of alkyl halides is 3. The average molecular weight is 515 g/mol. The smallest absolute Gasteiger partial charge is 0.416 e. The van der Waals surface area contributed by atoms with Gasteiger partial charge in [-0.05, 0) is 55.5 Å². The van der Waals surface area contributed by atoms with Crippen LogP contribution in [0.3, 0.4) is 0 Å². The lowest BCUT2D eigenvalue weighted by atomic mass is 10.0. The normalized spacial score (nSPS) is 16.7. The van der Waals surface area contributed by atoms with E-state index in [9.17, 15) is 26.4 Å². The molecule has 0 saturated carbocycles. The maximum absolute atomic E-state index is 13.1. The van der Waals surface area contributed by atoms with Crippen LogP contribution in [-0.2, 0) is 27.5 Å². The Morgan fingerprint density at radius 3 is 2.49 bits per heavy atom. The Hall–Kier alpha value is -2.63. The van der Waals surface area contributed by atoms with Gasteiger partial charge in [-0.3, -0.25) is 0 Å². The van der Waals surface area contributed by atoms with Gasteiger partial charge in [-0.2, -0.15) is 13.2 Å². The van der Waals surface area contributed by atoms with Crippen molar-refractivity contribution in [3.8, 4) is 0 Å². The Bertz CT molecular complexity index is 1150. The standard InChI is InChI=1S/C24H29F3N2O5S/c1-16-6-7-17(2)19(12-16)14-34-21-8-10-29(11-9-21)35(32,33)15-22(28-23(30)31)18-4-3-5-20(13-18)24(25,26)27/h3-7,12-13,21-22,28H,8-11,14-15H2,1-2H3,(H,30,31)/t22-/m0/s1. The lowest BCUT2D eigenvalue weighted by molar-refractivity contribution is -0.137. The minimum atomic E-state index is -4.64. The highest BCUT2D eigenvalue weighted by molar-refractivity contribution is 7.89. The average Bonchev–Trinajstić information content (AvgIpc) is 2.78. The zero-order chi connectivity index (χ0) is 25.8. The quantitative estimate of drug-likeness (QED) is 0.535. The third-order valence-corrected chi connectivity index (χ3v) is 7.97. The predicted octanol–water partition coefficient (Wildman–Crippen LogP) is 4.64. The third-order valence-electron chi connectivity index (χ3n) is 6.06. The van der Waals surface area contributed by atoms with Gasteiger partial charge in [-0.15, -0.1) is 0 Å². The molecule has 1 fully saturated rings. The highest BCUT2D eigenvalue weighted by atomic mass is 32.2. The summed E-state index contributed by atoms with van der Waals surface area (Å²) in [5.74, 6) is -0.686. The number of benzene rings is 2. The van der Waals surface area contributed by atoms with E-state index < -0.39 is 39.7 Å². The number of piperidine rings is 1. The summed E-state index contributed by atoms with van der Waals surface area (Å²) < 4.78 is 72.6. The number of sulfonamides is 1. The number of rotatable bonds is 8. The molecule has 0 aromatic heterocycles. The van der Waals surface area contributed by atoms with Crippen LogP contribution >= 0.6 is 0 Å². The molecule has 11 heteroatoms. The maximum Gasteiger partial charge on any atom is 0.416 e. The molecule has 2 aromatic carbocycles. The molecule has 1 amide bonds. The summed E-state index contributed by atoms with van der Waals surface area (Å²) in [6.07, 6.45) is -5.37. The number of halogens is 3. The van der Waals surface area contributed by atoms with Crippen molar-refractivity contribution in [2.45, 2.75) is 51.6 Å². The number of carbonyl (C=O) groups is 1. The molecule has 2 aromatic rings. The van der Waals surface area contributed by atoms with Crippen molar-refractivity contribution >= 4 is 16.1 Å². The Balaban J connectivity index is 1.64. The minimum absolute atomic E-state index is 0.0717. The van der Waals surface area contributed by atoms with Crippen molar-refractivity contribution in [1.82, 2.24) is 9.62 Å². The van der Waals surface area contributed by atoms with E-state index in [0.717, 1.165) is 34.9 Å². The fourth-order valence-corrected chi connectivity index (χ4v) is 5.73. The van der Waals surface area contributed by atoms with Crippen LogP contribution in [0.5, 0.6) is 0 Å². The topological polar surface area (TPSA) is 95.9 Å². The number of hydrogen-bond acceptors (Lipinski definition) is 4. The van der Waals surface area contributed by atoms with Crippen LogP contribution in [0, 0.1) is 13.8 Å². The second-order valence-corrected chi connectivity index (χ2v) is 10.8. The zero-order valence-electron chi connectivity index (χ0n) is 19.5. The van der Waals surface area contributed by atoms with Gasteiger partial charge in [0.05, 0.1) is 30.1 Å². The van der Waals surface area contributed by atoms with Gasteiger partial charge in [0, 0.05) is 13.1 Å². The molecule has 35 heavy (non-hydrogen) atoms. The lowest BCUT2D eigenvalue weighted by Crippen LogP contribution is -2.44. The summed E-state index contributed by atoms with van der Waals surface area (Å²) in [4.78, 5) is 11.2. The number of nitrogens with zero attached hydrogens (tertiary/aromatic N) is 1. The molecule has 1 aliphatic rings. The molecule has 0 spiro atoms. The van der Waals surface area contributed by atoms with Gasteiger partial charge >= 0.3 is 12.3 Å². The molecule has 1 atom stereocenters. The molecule has 0 bridgehead atoms. The van der Waals surface area contributed by atoms with Gasteiger partial charge in [0.1, 0.15) is 0 Å². The fraction of sp³-hybridized carbons (Fsp3) is 0.458. The molecule has 192 valence electrons. The summed E-state index contributed by atoms with van der Waals surface area (Å²) in [6.45, 7) is 4.78. The van der Waals surface area contributed by atoms with Gasteiger partial charge in [-0.1, -0.05) is 35.9 Å². The summed E-state index contributed by atoms with van der Waals surface area (Å²) in [5, 5.41) is 11.2. The van der Waals surface area contributed by atoms with Crippen LogP contribution in [-0.4, -0.2) is 48.9 Å². The van der Waals surface area contributed by atoms with Crippen LogP contribution in [0.25, 0.3) is 0 Å². The van der Waals surface area contributed by atoms with E-state index in [1.807, 2.05) is 31.3 Å². The second-order valence-electron chi connectivity index (χ2n) is 8.74. The molecular formula is C24H29F3N2O5S. The molecular weight excluding hydrogens is 485 g/mol. The van der Waals surface area contributed by atoms with Crippen LogP contribution in [0.4, 0.5) is 18.0 Å². The molecule has 0 radical (unpaired) electrons. The second kappa shape index (κ2) is 11.0. The molecule has 0 unspecified atom stereocenters. The lowest BCUT2D eigenvalue weighted by Gasteiger charge is -2.32. The molecule has 7 nitrogen and oxygen atoms in total. The first-order valence-corrected chi connectivity index (χ1v) is 12.8. The van der Waals surface area contributed by atoms with Crippen molar-refractivity contribution < 1.29 is 36.2 Å². The molecule has 1 saturated heterocycles. The summed E-state index contributed by atoms with van der Waals surface area (Å²) in [5.41, 5.74) is 2.26. The van der Waals surface area contributed by atoms with Gasteiger partial charge < -0.3 is 15.2 Å². The summed E-state index contributed by atoms with van der Waals surface area (Å²) in [7, 11) is -3.96. The fourth-order valence-electron chi connectivity index (χ4n) is 4.06. The first kappa shape index (κ1) is 27.0. The SMILES string of the molecule is Cc1ccc(C)c(COC2CCN(S(=O)(=O)C[C@H](NC(=O)O)c3cccc(C(F)(F)F)c3)CC2)c1. The number of ether oxygens (including phenoxy) is 1. The van der Waals surface area contributed by atoms with E-state index in [0.29, 0.717) is 19.4 Å². The molecule has 0 aliphatic carbocycles. The zero-order valence-corrected chi connectivity index (χ0v) is 20.3. The van der Waals surface area contributed by atoms with Crippen molar-refractivity contribution in [3.63, 3.8) is 0 Å². The van der Waals surface area contributed by atoms with Crippen molar-refractivity contribution in [2.24, 2.45) is 0 Å². The number of amides is 1. The molecule has 2 N–H and O–H groups in total. The van der Waals surface area contributed by atoms with Crippen molar-refractivity contribution in [3.05, 3.63) is 70.3 Å². The Morgan fingerprint density at radius 2 is 1.86 bits per heavy atom. The first-order chi connectivity index (χ1) is 16.3. The highest BCUT2D eigenvalue weighted by Crippen LogP contribution is 2.31. The number of nitrogens with one attached hydrogen (secondary N) is 1. The monoisotopic (exact) mass is 514 g/mol. The van der Waals surface area contributed by atoms with E-state index in [4.69, 9.17) is 9.84 Å². The Kier molecular flexibility index (Phi) is 8.45. The first-order valence-electron chi connectivity index (χ1n) is 11.2.